The molecule has 0 saturated carbocycles. The highest BCUT2D eigenvalue weighted by Crippen LogP contribution is 2.38. The number of aromatic nitrogens is 2. The van der Waals surface area contributed by atoms with Gasteiger partial charge in [-0.25, -0.2) is 5.10 Å². The van der Waals surface area contributed by atoms with Gasteiger partial charge in [0.2, 0.25) is 0 Å². The van der Waals surface area contributed by atoms with Gasteiger partial charge in [-0.2, -0.15) is 18.3 Å². The molecule has 1 aliphatic heterocycles. The number of aromatic amines is 1. The molecule has 3 rings (SSSR count). The van der Waals surface area contributed by atoms with Crippen molar-refractivity contribution in [1.29, 1.82) is 0 Å². The van der Waals surface area contributed by atoms with E-state index < -0.39 is 17.3 Å². The molecular weight excluding hydrogens is 299 g/mol. The standard InChI is InChI=1S/C14H12F3N3O2/c1-22-11-4-2-3-8-6-20(7-9(8)11)10-5-18-19-13(21)12(10)14(15,16)17/h2-5H,6-7H2,1H3,(H,19,21). The summed E-state index contributed by atoms with van der Waals surface area (Å²) < 4.78 is 44.6. The van der Waals surface area contributed by atoms with Gasteiger partial charge in [-0.3, -0.25) is 4.79 Å². The largest absolute Gasteiger partial charge is 0.496 e. The van der Waals surface area contributed by atoms with Crippen molar-refractivity contribution in [1.82, 2.24) is 10.2 Å². The summed E-state index contributed by atoms with van der Waals surface area (Å²) >= 11 is 0. The number of nitrogens with zero attached hydrogens (tertiary/aromatic N) is 2. The Morgan fingerprint density at radius 2 is 2.09 bits per heavy atom. The van der Waals surface area contributed by atoms with Crippen molar-refractivity contribution >= 4 is 5.69 Å². The first-order chi connectivity index (χ1) is 10.4. The lowest BCUT2D eigenvalue weighted by Crippen LogP contribution is -2.28. The van der Waals surface area contributed by atoms with E-state index in [0.29, 0.717) is 5.75 Å². The minimum absolute atomic E-state index is 0.227. The molecule has 1 aromatic heterocycles. The molecular formula is C14H12F3N3O2. The van der Waals surface area contributed by atoms with Crippen molar-refractivity contribution in [2.75, 3.05) is 12.0 Å². The van der Waals surface area contributed by atoms with Crippen molar-refractivity contribution in [3.63, 3.8) is 0 Å². The van der Waals surface area contributed by atoms with Gasteiger partial charge in [-0.15, -0.1) is 0 Å². The van der Waals surface area contributed by atoms with Crippen molar-refractivity contribution < 1.29 is 17.9 Å². The van der Waals surface area contributed by atoms with Crippen LogP contribution in [0.4, 0.5) is 18.9 Å². The van der Waals surface area contributed by atoms with Gasteiger partial charge in [0, 0.05) is 18.7 Å². The number of nitrogens with one attached hydrogen (secondary N) is 1. The molecule has 0 atom stereocenters. The van der Waals surface area contributed by atoms with E-state index in [1.54, 1.807) is 12.1 Å². The van der Waals surface area contributed by atoms with E-state index in [1.807, 2.05) is 11.2 Å². The van der Waals surface area contributed by atoms with E-state index >= 15 is 0 Å². The Hall–Kier alpha value is -2.51. The molecule has 2 aromatic rings. The Morgan fingerprint density at radius 1 is 1.32 bits per heavy atom. The zero-order valence-corrected chi connectivity index (χ0v) is 11.6. The Labute approximate surface area is 123 Å². The molecule has 0 amide bonds. The second-order valence-corrected chi connectivity index (χ2v) is 4.91. The molecule has 2 heterocycles. The third-order valence-electron chi connectivity index (χ3n) is 3.62. The fourth-order valence-electron chi connectivity index (χ4n) is 2.66. The maximum absolute atomic E-state index is 13.1. The average molecular weight is 311 g/mol. The number of rotatable bonds is 2. The predicted octanol–water partition coefficient (Wildman–Crippen LogP) is 2.32. The van der Waals surface area contributed by atoms with Crippen LogP contribution >= 0.6 is 0 Å². The number of H-pyrrole nitrogens is 1. The summed E-state index contributed by atoms with van der Waals surface area (Å²) in [5.74, 6) is 0.617. The number of methoxy groups -OCH3 is 1. The molecule has 5 nitrogen and oxygen atoms in total. The van der Waals surface area contributed by atoms with Gasteiger partial charge in [-0.1, -0.05) is 12.1 Å². The van der Waals surface area contributed by atoms with Gasteiger partial charge < -0.3 is 9.64 Å². The molecule has 0 saturated heterocycles. The lowest BCUT2D eigenvalue weighted by molar-refractivity contribution is -0.138. The van der Waals surface area contributed by atoms with Crippen molar-refractivity contribution in [2.24, 2.45) is 0 Å². The number of fused-ring (bicyclic) bond motifs is 1. The predicted molar refractivity (Wildman–Crippen MR) is 72.7 cm³/mol. The number of hydrogen-bond acceptors (Lipinski definition) is 4. The van der Waals surface area contributed by atoms with E-state index in [2.05, 4.69) is 5.10 Å². The van der Waals surface area contributed by atoms with Crippen LogP contribution in [0, 0.1) is 0 Å². The van der Waals surface area contributed by atoms with Crippen LogP contribution in [-0.4, -0.2) is 17.3 Å². The molecule has 116 valence electrons. The van der Waals surface area contributed by atoms with Crippen LogP contribution in [0.1, 0.15) is 16.7 Å². The van der Waals surface area contributed by atoms with Gasteiger partial charge in [0.15, 0.2) is 0 Å². The highest BCUT2D eigenvalue weighted by atomic mass is 19.4. The Morgan fingerprint density at radius 3 is 2.77 bits per heavy atom. The van der Waals surface area contributed by atoms with Gasteiger partial charge >= 0.3 is 6.18 Å². The van der Waals surface area contributed by atoms with Crippen molar-refractivity contribution in [3.05, 3.63) is 51.4 Å². The van der Waals surface area contributed by atoms with Crippen LogP contribution in [0.2, 0.25) is 0 Å². The maximum Gasteiger partial charge on any atom is 0.423 e. The zero-order valence-electron chi connectivity index (χ0n) is 11.6. The van der Waals surface area contributed by atoms with Crippen LogP contribution in [0.5, 0.6) is 5.75 Å². The first-order valence-corrected chi connectivity index (χ1v) is 6.46. The number of alkyl halides is 3. The number of anilines is 1. The quantitative estimate of drug-likeness (QED) is 0.925. The van der Waals surface area contributed by atoms with E-state index in [1.165, 1.54) is 12.0 Å². The number of hydrogen-bond donors (Lipinski definition) is 1. The van der Waals surface area contributed by atoms with Gasteiger partial charge in [0.05, 0.1) is 19.0 Å². The number of benzene rings is 1. The monoisotopic (exact) mass is 311 g/mol. The molecule has 8 heteroatoms. The van der Waals surface area contributed by atoms with Gasteiger partial charge in [-0.05, 0) is 11.6 Å². The van der Waals surface area contributed by atoms with E-state index in [9.17, 15) is 18.0 Å². The molecule has 0 spiro atoms. The molecule has 0 radical (unpaired) electrons. The minimum atomic E-state index is -4.75. The summed E-state index contributed by atoms with van der Waals surface area (Å²) in [6.07, 6.45) is -3.71. The van der Waals surface area contributed by atoms with E-state index in [-0.39, 0.29) is 18.8 Å². The molecule has 0 unspecified atom stereocenters. The molecule has 0 bridgehead atoms. The number of ether oxygens (including phenoxy) is 1. The Balaban J connectivity index is 2.06. The van der Waals surface area contributed by atoms with Crippen molar-refractivity contribution in [2.45, 2.75) is 19.3 Å². The molecule has 0 fully saturated rings. The summed E-state index contributed by atoms with van der Waals surface area (Å²) in [6, 6.07) is 5.36. The number of halogens is 3. The second-order valence-electron chi connectivity index (χ2n) is 4.91. The summed E-state index contributed by atoms with van der Waals surface area (Å²) in [4.78, 5) is 13.0. The van der Waals surface area contributed by atoms with E-state index in [4.69, 9.17) is 4.74 Å². The van der Waals surface area contributed by atoms with Crippen LogP contribution in [-0.2, 0) is 19.3 Å². The van der Waals surface area contributed by atoms with Crippen LogP contribution in [0.3, 0.4) is 0 Å². The Kier molecular flexibility index (Phi) is 3.31. The summed E-state index contributed by atoms with van der Waals surface area (Å²) in [5, 5.41) is 5.34. The zero-order chi connectivity index (χ0) is 15.9. The fourth-order valence-corrected chi connectivity index (χ4v) is 2.66. The summed E-state index contributed by atoms with van der Waals surface area (Å²) in [6.45, 7) is 0.494. The minimum Gasteiger partial charge on any atom is -0.496 e. The van der Waals surface area contributed by atoms with Crippen LogP contribution in [0.15, 0.2) is 29.2 Å². The molecule has 22 heavy (non-hydrogen) atoms. The molecule has 1 aromatic carbocycles. The van der Waals surface area contributed by atoms with Crippen LogP contribution in [0.25, 0.3) is 0 Å². The maximum atomic E-state index is 13.1. The fraction of sp³-hybridized carbons (Fsp3) is 0.286. The first-order valence-electron chi connectivity index (χ1n) is 6.46. The highest BCUT2D eigenvalue weighted by molar-refractivity contribution is 5.58. The average Bonchev–Trinajstić information content (AvgIpc) is 2.89. The summed E-state index contributed by atoms with van der Waals surface area (Å²) in [7, 11) is 1.51. The van der Waals surface area contributed by atoms with Crippen LogP contribution < -0.4 is 15.2 Å². The van der Waals surface area contributed by atoms with Crippen molar-refractivity contribution in [3.8, 4) is 5.75 Å². The smallest absolute Gasteiger partial charge is 0.423 e. The topological polar surface area (TPSA) is 58.2 Å². The Bertz CT molecular complexity index is 771. The van der Waals surface area contributed by atoms with Gasteiger partial charge in [0.1, 0.15) is 11.3 Å². The third kappa shape index (κ3) is 2.30. The molecule has 1 N–H and O–H groups in total. The first kappa shape index (κ1) is 14.4. The molecule has 1 aliphatic rings. The molecule has 0 aliphatic carbocycles. The second kappa shape index (κ2) is 5.04. The third-order valence-corrected chi connectivity index (χ3v) is 3.62. The lowest BCUT2D eigenvalue weighted by atomic mass is 10.1. The van der Waals surface area contributed by atoms with E-state index in [0.717, 1.165) is 17.3 Å². The normalized spacial score (nSPS) is 14.1. The highest BCUT2D eigenvalue weighted by Gasteiger charge is 2.39. The lowest BCUT2D eigenvalue weighted by Gasteiger charge is -2.21. The summed E-state index contributed by atoms with van der Waals surface area (Å²) in [5.41, 5.74) is -1.01. The SMILES string of the molecule is COc1cccc2c1CN(c1cn[nH]c(=O)c1C(F)(F)F)C2. The van der Waals surface area contributed by atoms with Gasteiger partial charge in [0.25, 0.3) is 5.56 Å².